The van der Waals surface area contributed by atoms with E-state index in [-0.39, 0.29) is 5.91 Å². The van der Waals surface area contributed by atoms with E-state index in [1.54, 1.807) is 7.11 Å². The molecule has 1 fully saturated rings. The standard InChI is InChI=1S/C17H26N2O3/c1-21-11-10-18-13-17(20)19-12-14-6-2-5-9-16(14)22-15-7-3-4-8-15/h2,5-6,9,15,18H,3-4,7-8,10-13H2,1H3,(H,19,20). The Morgan fingerprint density at radius 1 is 1.27 bits per heavy atom. The van der Waals surface area contributed by atoms with Crippen molar-refractivity contribution >= 4 is 5.91 Å². The molecule has 1 aromatic carbocycles. The molecule has 22 heavy (non-hydrogen) atoms. The average Bonchev–Trinajstić information content (AvgIpc) is 3.04. The van der Waals surface area contributed by atoms with Gasteiger partial charge in [-0.25, -0.2) is 0 Å². The van der Waals surface area contributed by atoms with E-state index in [2.05, 4.69) is 10.6 Å². The first-order valence-corrected chi connectivity index (χ1v) is 8.00. The van der Waals surface area contributed by atoms with Crippen molar-refractivity contribution in [2.45, 2.75) is 38.3 Å². The average molecular weight is 306 g/mol. The number of hydrogen-bond acceptors (Lipinski definition) is 4. The topological polar surface area (TPSA) is 59.6 Å². The molecule has 0 radical (unpaired) electrons. The molecule has 2 N–H and O–H groups in total. The first-order valence-electron chi connectivity index (χ1n) is 8.00. The molecule has 0 unspecified atom stereocenters. The number of ether oxygens (including phenoxy) is 2. The van der Waals surface area contributed by atoms with Gasteiger partial charge in [-0.2, -0.15) is 0 Å². The molecule has 1 saturated carbocycles. The minimum absolute atomic E-state index is 0.0215. The Labute approximate surface area is 132 Å². The van der Waals surface area contributed by atoms with Crippen molar-refractivity contribution in [2.75, 3.05) is 26.8 Å². The zero-order valence-electron chi connectivity index (χ0n) is 13.3. The summed E-state index contributed by atoms with van der Waals surface area (Å²) in [5.41, 5.74) is 1.03. The molecular weight excluding hydrogens is 280 g/mol. The monoisotopic (exact) mass is 306 g/mol. The van der Waals surface area contributed by atoms with E-state index in [1.165, 1.54) is 12.8 Å². The van der Waals surface area contributed by atoms with Gasteiger partial charge < -0.3 is 20.1 Å². The number of benzene rings is 1. The molecule has 1 aliphatic rings. The first kappa shape index (κ1) is 16.8. The van der Waals surface area contributed by atoms with Crippen LogP contribution in [0.3, 0.4) is 0 Å². The van der Waals surface area contributed by atoms with E-state index in [9.17, 15) is 4.79 Å². The zero-order chi connectivity index (χ0) is 15.6. The summed E-state index contributed by atoms with van der Waals surface area (Å²) >= 11 is 0. The van der Waals surface area contributed by atoms with E-state index in [4.69, 9.17) is 9.47 Å². The molecule has 1 amide bonds. The van der Waals surface area contributed by atoms with E-state index in [0.29, 0.717) is 32.3 Å². The van der Waals surface area contributed by atoms with E-state index in [1.807, 2.05) is 24.3 Å². The van der Waals surface area contributed by atoms with Crippen LogP contribution in [0.15, 0.2) is 24.3 Å². The zero-order valence-corrected chi connectivity index (χ0v) is 13.3. The van der Waals surface area contributed by atoms with Gasteiger partial charge in [-0.15, -0.1) is 0 Å². The lowest BCUT2D eigenvalue weighted by Gasteiger charge is -2.16. The van der Waals surface area contributed by atoms with Crippen LogP contribution in [0, 0.1) is 0 Å². The van der Waals surface area contributed by atoms with Gasteiger partial charge in [0.1, 0.15) is 5.75 Å². The van der Waals surface area contributed by atoms with Crippen molar-refractivity contribution in [1.82, 2.24) is 10.6 Å². The summed E-state index contributed by atoms with van der Waals surface area (Å²) in [4.78, 5) is 11.8. The van der Waals surface area contributed by atoms with E-state index >= 15 is 0 Å². The molecule has 0 atom stereocenters. The van der Waals surface area contributed by atoms with E-state index in [0.717, 1.165) is 24.2 Å². The Kier molecular flexibility index (Phi) is 7.19. The van der Waals surface area contributed by atoms with Crippen molar-refractivity contribution in [3.05, 3.63) is 29.8 Å². The molecule has 2 rings (SSSR count). The summed E-state index contributed by atoms with van der Waals surface area (Å²) in [6.07, 6.45) is 5.08. The maximum atomic E-state index is 11.8. The second-order valence-electron chi connectivity index (χ2n) is 5.58. The number of rotatable bonds is 9. The first-order chi connectivity index (χ1) is 10.8. The summed E-state index contributed by atoms with van der Waals surface area (Å²) in [7, 11) is 1.64. The highest BCUT2D eigenvalue weighted by Crippen LogP contribution is 2.26. The maximum absolute atomic E-state index is 11.8. The second kappa shape index (κ2) is 9.43. The van der Waals surface area contributed by atoms with Gasteiger partial charge in [0.05, 0.1) is 19.3 Å². The van der Waals surface area contributed by atoms with Gasteiger partial charge in [0.25, 0.3) is 0 Å². The highest BCUT2D eigenvalue weighted by atomic mass is 16.5. The van der Waals surface area contributed by atoms with Crippen LogP contribution < -0.4 is 15.4 Å². The number of carbonyl (C=O) groups excluding carboxylic acids is 1. The molecule has 0 aromatic heterocycles. The summed E-state index contributed by atoms with van der Waals surface area (Å²) < 4.78 is 11.0. The molecule has 0 aliphatic heterocycles. The number of carbonyl (C=O) groups is 1. The molecule has 0 spiro atoms. The SMILES string of the molecule is COCCNCC(=O)NCc1ccccc1OC1CCCC1. The number of methoxy groups -OCH3 is 1. The molecule has 0 heterocycles. The Hall–Kier alpha value is -1.59. The summed E-state index contributed by atoms with van der Waals surface area (Å²) in [6, 6.07) is 7.93. The molecular formula is C17H26N2O3. The third-order valence-electron chi connectivity index (χ3n) is 3.81. The van der Waals surface area contributed by atoms with Gasteiger partial charge in [-0.05, 0) is 31.7 Å². The van der Waals surface area contributed by atoms with Gasteiger partial charge in [0.15, 0.2) is 0 Å². The molecule has 5 nitrogen and oxygen atoms in total. The summed E-state index contributed by atoms with van der Waals surface area (Å²) in [5, 5.41) is 5.95. The van der Waals surface area contributed by atoms with Crippen molar-refractivity contribution in [2.24, 2.45) is 0 Å². The smallest absolute Gasteiger partial charge is 0.234 e. The fourth-order valence-corrected chi connectivity index (χ4v) is 2.58. The molecule has 1 aromatic rings. The third kappa shape index (κ3) is 5.66. The minimum Gasteiger partial charge on any atom is -0.490 e. The lowest BCUT2D eigenvalue weighted by molar-refractivity contribution is -0.120. The maximum Gasteiger partial charge on any atom is 0.234 e. The Balaban J connectivity index is 1.77. The highest BCUT2D eigenvalue weighted by Gasteiger charge is 2.17. The second-order valence-corrected chi connectivity index (χ2v) is 5.58. The van der Waals surface area contributed by atoms with Crippen LogP contribution in [0.1, 0.15) is 31.2 Å². The quantitative estimate of drug-likeness (QED) is 0.684. The Morgan fingerprint density at radius 3 is 2.82 bits per heavy atom. The largest absolute Gasteiger partial charge is 0.490 e. The summed E-state index contributed by atoms with van der Waals surface area (Å²) in [5.74, 6) is 0.869. The van der Waals surface area contributed by atoms with Gasteiger partial charge in [-0.1, -0.05) is 18.2 Å². The lowest BCUT2D eigenvalue weighted by atomic mass is 10.2. The van der Waals surface area contributed by atoms with Crippen LogP contribution in [0.25, 0.3) is 0 Å². The van der Waals surface area contributed by atoms with Crippen LogP contribution >= 0.6 is 0 Å². The predicted molar refractivity (Wildman–Crippen MR) is 85.9 cm³/mol. The Bertz CT molecular complexity index is 459. The fourth-order valence-electron chi connectivity index (χ4n) is 2.58. The van der Waals surface area contributed by atoms with Crippen LogP contribution in [0.4, 0.5) is 0 Å². The van der Waals surface area contributed by atoms with Crippen LogP contribution in [-0.4, -0.2) is 38.8 Å². The van der Waals surface area contributed by atoms with Crippen molar-refractivity contribution in [1.29, 1.82) is 0 Å². The molecule has 0 saturated heterocycles. The molecule has 0 bridgehead atoms. The minimum atomic E-state index is -0.0215. The number of nitrogens with one attached hydrogen (secondary N) is 2. The van der Waals surface area contributed by atoms with Crippen LogP contribution in [0.2, 0.25) is 0 Å². The third-order valence-corrected chi connectivity index (χ3v) is 3.81. The number of para-hydroxylation sites is 1. The van der Waals surface area contributed by atoms with Gasteiger partial charge in [-0.3, -0.25) is 4.79 Å². The van der Waals surface area contributed by atoms with Crippen LogP contribution in [0.5, 0.6) is 5.75 Å². The molecule has 5 heteroatoms. The highest BCUT2D eigenvalue weighted by molar-refractivity contribution is 5.78. The van der Waals surface area contributed by atoms with Gasteiger partial charge in [0.2, 0.25) is 5.91 Å². The van der Waals surface area contributed by atoms with Crippen molar-refractivity contribution in [3.8, 4) is 5.75 Å². The number of hydrogen-bond donors (Lipinski definition) is 2. The fraction of sp³-hybridized carbons (Fsp3) is 0.588. The molecule has 122 valence electrons. The van der Waals surface area contributed by atoms with Gasteiger partial charge >= 0.3 is 0 Å². The Morgan fingerprint density at radius 2 is 2.05 bits per heavy atom. The number of amides is 1. The summed E-state index contributed by atoms with van der Waals surface area (Å²) in [6.45, 7) is 2.07. The van der Waals surface area contributed by atoms with E-state index < -0.39 is 0 Å². The lowest BCUT2D eigenvalue weighted by Crippen LogP contribution is -2.34. The molecule has 1 aliphatic carbocycles. The predicted octanol–water partition coefficient (Wildman–Crippen LogP) is 1.86. The van der Waals surface area contributed by atoms with Crippen molar-refractivity contribution in [3.63, 3.8) is 0 Å². The normalized spacial score (nSPS) is 15.0. The van der Waals surface area contributed by atoms with Gasteiger partial charge in [0, 0.05) is 25.8 Å². The van der Waals surface area contributed by atoms with Crippen molar-refractivity contribution < 1.29 is 14.3 Å². The van der Waals surface area contributed by atoms with Crippen LogP contribution in [-0.2, 0) is 16.1 Å².